The molecule has 17 heavy (non-hydrogen) atoms. The quantitative estimate of drug-likeness (QED) is 0.892. The maximum Gasteiger partial charge on any atom is 0.266 e. The Hall–Kier alpha value is -1.07. The molecule has 1 aromatic rings. The Labute approximate surface area is 109 Å². The maximum atomic E-state index is 12.3. The van der Waals surface area contributed by atoms with Crippen molar-refractivity contribution in [2.75, 3.05) is 13.1 Å². The first-order chi connectivity index (χ1) is 8.15. The highest BCUT2D eigenvalue weighted by Crippen LogP contribution is 2.25. The zero-order valence-electron chi connectivity index (χ0n) is 9.40. The zero-order chi connectivity index (χ0) is 12.4. The summed E-state index contributed by atoms with van der Waals surface area (Å²) in [5, 5.41) is 5.00. The lowest BCUT2D eigenvalue weighted by Crippen LogP contribution is -2.56. The highest BCUT2D eigenvalue weighted by Gasteiger charge is 2.33. The Kier molecular flexibility index (Phi) is 3.69. The molecule has 4 nitrogen and oxygen atoms in total. The minimum atomic E-state index is -0.380. The molecular weight excluding hydrogens is 260 g/mol. The molecule has 1 aliphatic heterocycles. The van der Waals surface area contributed by atoms with Crippen LogP contribution in [0, 0.1) is 0 Å². The van der Waals surface area contributed by atoms with Gasteiger partial charge in [0.1, 0.15) is 10.9 Å². The van der Waals surface area contributed by atoms with Crippen LogP contribution in [0.2, 0.25) is 5.02 Å². The lowest BCUT2D eigenvalue weighted by atomic mass is 10.1. The third-order valence-electron chi connectivity index (χ3n) is 2.79. The molecule has 2 rings (SSSR count). The molecule has 0 spiro atoms. The van der Waals surface area contributed by atoms with Gasteiger partial charge in [0.25, 0.3) is 5.91 Å². The standard InChI is InChI=1S/C11H13ClN2O2S/c1-2-8-10(15)13-4-5-14(8)11(16)9-7(12)3-6-17-9/h3,6,8H,2,4-5H2,1H3,(H,13,15). The molecule has 0 aliphatic carbocycles. The van der Waals surface area contributed by atoms with E-state index < -0.39 is 0 Å². The third-order valence-corrected chi connectivity index (χ3v) is 4.12. The van der Waals surface area contributed by atoms with E-state index in [9.17, 15) is 9.59 Å². The van der Waals surface area contributed by atoms with Gasteiger partial charge in [-0.3, -0.25) is 9.59 Å². The van der Waals surface area contributed by atoms with Gasteiger partial charge < -0.3 is 10.2 Å². The molecule has 0 saturated carbocycles. The summed E-state index contributed by atoms with van der Waals surface area (Å²) in [4.78, 5) is 26.0. The fraction of sp³-hybridized carbons (Fsp3) is 0.455. The lowest BCUT2D eigenvalue weighted by molar-refractivity contribution is -0.127. The number of hydrogen-bond donors (Lipinski definition) is 1. The van der Waals surface area contributed by atoms with Gasteiger partial charge in [0.05, 0.1) is 5.02 Å². The molecular formula is C11H13ClN2O2S. The average Bonchev–Trinajstić information content (AvgIpc) is 2.74. The molecule has 1 atom stereocenters. The first kappa shape index (κ1) is 12.4. The molecule has 2 heterocycles. The van der Waals surface area contributed by atoms with Crippen molar-refractivity contribution in [1.82, 2.24) is 10.2 Å². The van der Waals surface area contributed by atoms with Gasteiger partial charge in [0.2, 0.25) is 5.91 Å². The number of thiophene rings is 1. The van der Waals surface area contributed by atoms with Gasteiger partial charge in [-0.1, -0.05) is 18.5 Å². The summed E-state index contributed by atoms with van der Waals surface area (Å²) in [6.45, 7) is 2.94. The van der Waals surface area contributed by atoms with Crippen LogP contribution in [0.1, 0.15) is 23.0 Å². The molecule has 0 aromatic carbocycles. The van der Waals surface area contributed by atoms with Gasteiger partial charge >= 0.3 is 0 Å². The topological polar surface area (TPSA) is 49.4 Å². The van der Waals surface area contributed by atoms with Gasteiger partial charge in [-0.2, -0.15) is 0 Å². The second kappa shape index (κ2) is 5.06. The van der Waals surface area contributed by atoms with Crippen molar-refractivity contribution >= 4 is 34.8 Å². The van der Waals surface area contributed by atoms with Gasteiger partial charge in [0, 0.05) is 13.1 Å². The van der Waals surface area contributed by atoms with E-state index in [4.69, 9.17) is 11.6 Å². The van der Waals surface area contributed by atoms with Crippen LogP contribution in [0.25, 0.3) is 0 Å². The van der Waals surface area contributed by atoms with Gasteiger partial charge in [-0.15, -0.1) is 11.3 Å². The predicted octanol–water partition coefficient (Wildman–Crippen LogP) is 1.75. The van der Waals surface area contributed by atoms with E-state index in [2.05, 4.69) is 5.32 Å². The Balaban J connectivity index is 2.24. The normalized spacial score (nSPS) is 20.2. The van der Waals surface area contributed by atoms with E-state index in [1.54, 1.807) is 16.3 Å². The molecule has 1 aliphatic rings. The molecule has 0 bridgehead atoms. The fourth-order valence-electron chi connectivity index (χ4n) is 1.94. The second-order valence-corrected chi connectivity index (χ2v) is 5.13. The van der Waals surface area contributed by atoms with Crippen LogP contribution in [0.5, 0.6) is 0 Å². The largest absolute Gasteiger partial charge is 0.353 e. The van der Waals surface area contributed by atoms with Crippen molar-refractivity contribution in [3.63, 3.8) is 0 Å². The van der Waals surface area contributed by atoms with Gasteiger partial charge in [-0.25, -0.2) is 0 Å². The van der Waals surface area contributed by atoms with Crippen LogP contribution in [-0.4, -0.2) is 35.8 Å². The number of hydrogen-bond acceptors (Lipinski definition) is 3. The molecule has 2 amide bonds. The minimum absolute atomic E-state index is 0.0835. The van der Waals surface area contributed by atoms with Crippen molar-refractivity contribution in [2.45, 2.75) is 19.4 Å². The molecule has 1 fully saturated rings. The van der Waals surface area contributed by atoms with Crippen molar-refractivity contribution in [1.29, 1.82) is 0 Å². The summed E-state index contributed by atoms with van der Waals surface area (Å²) in [7, 11) is 0. The van der Waals surface area contributed by atoms with Gasteiger partial charge in [-0.05, 0) is 17.9 Å². The van der Waals surface area contributed by atoms with Crippen LogP contribution in [0.15, 0.2) is 11.4 Å². The third kappa shape index (κ3) is 2.30. The molecule has 1 N–H and O–H groups in total. The molecule has 1 aromatic heterocycles. The molecule has 0 radical (unpaired) electrons. The van der Waals surface area contributed by atoms with Crippen LogP contribution < -0.4 is 5.32 Å². The number of halogens is 1. The van der Waals surface area contributed by atoms with Crippen molar-refractivity contribution in [3.05, 3.63) is 21.3 Å². The number of carbonyl (C=O) groups excluding carboxylic acids is 2. The summed E-state index contributed by atoms with van der Waals surface area (Å²) in [6.07, 6.45) is 0.612. The van der Waals surface area contributed by atoms with Gasteiger partial charge in [0.15, 0.2) is 0 Å². The number of amides is 2. The van der Waals surface area contributed by atoms with E-state index in [0.29, 0.717) is 29.4 Å². The lowest BCUT2D eigenvalue weighted by Gasteiger charge is -2.34. The fourth-order valence-corrected chi connectivity index (χ4v) is 3.03. The Morgan fingerprint density at radius 2 is 2.47 bits per heavy atom. The monoisotopic (exact) mass is 272 g/mol. The maximum absolute atomic E-state index is 12.3. The number of piperazine rings is 1. The number of nitrogens with one attached hydrogen (secondary N) is 1. The summed E-state index contributed by atoms with van der Waals surface area (Å²) < 4.78 is 0. The summed E-state index contributed by atoms with van der Waals surface area (Å²) in [6, 6.07) is 1.32. The highest BCUT2D eigenvalue weighted by molar-refractivity contribution is 7.12. The first-order valence-electron chi connectivity index (χ1n) is 5.46. The van der Waals surface area contributed by atoms with Crippen LogP contribution >= 0.6 is 22.9 Å². The van der Waals surface area contributed by atoms with Crippen LogP contribution in [-0.2, 0) is 4.79 Å². The molecule has 1 saturated heterocycles. The van der Waals surface area contributed by atoms with Crippen LogP contribution in [0.3, 0.4) is 0 Å². The smallest absolute Gasteiger partial charge is 0.266 e. The van der Waals surface area contributed by atoms with Crippen molar-refractivity contribution < 1.29 is 9.59 Å². The average molecular weight is 273 g/mol. The van der Waals surface area contributed by atoms with E-state index >= 15 is 0 Å². The van der Waals surface area contributed by atoms with E-state index in [-0.39, 0.29) is 17.9 Å². The minimum Gasteiger partial charge on any atom is -0.353 e. The van der Waals surface area contributed by atoms with Crippen LogP contribution in [0.4, 0.5) is 0 Å². The zero-order valence-corrected chi connectivity index (χ0v) is 11.0. The molecule has 92 valence electrons. The predicted molar refractivity (Wildman–Crippen MR) is 67.5 cm³/mol. The Bertz CT molecular complexity index is 446. The Morgan fingerprint density at radius 1 is 1.71 bits per heavy atom. The van der Waals surface area contributed by atoms with E-state index in [0.717, 1.165) is 0 Å². The summed E-state index contributed by atoms with van der Waals surface area (Å²) in [5.74, 6) is -0.230. The van der Waals surface area contributed by atoms with E-state index in [1.807, 2.05) is 6.92 Å². The first-order valence-corrected chi connectivity index (χ1v) is 6.72. The molecule has 6 heteroatoms. The summed E-state index contributed by atoms with van der Waals surface area (Å²) >= 11 is 7.25. The SMILES string of the molecule is CCC1C(=O)NCCN1C(=O)c1sccc1Cl. The number of rotatable bonds is 2. The highest BCUT2D eigenvalue weighted by atomic mass is 35.5. The van der Waals surface area contributed by atoms with Crippen molar-refractivity contribution in [3.8, 4) is 0 Å². The van der Waals surface area contributed by atoms with E-state index in [1.165, 1.54) is 11.3 Å². The molecule has 1 unspecified atom stereocenters. The van der Waals surface area contributed by atoms with Crippen molar-refractivity contribution in [2.24, 2.45) is 0 Å². The number of nitrogens with zero attached hydrogens (tertiary/aromatic N) is 1. The summed E-state index contributed by atoms with van der Waals surface area (Å²) in [5.41, 5.74) is 0. The Morgan fingerprint density at radius 3 is 3.06 bits per heavy atom. The number of carbonyl (C=O) groups is 2. The second-order valence-electron chi connectivity index (χ2n) is 3.81.